The van der Waals surface area contributed by atoms with Gasteiger partial charge in [-0.05, 0) is 6.72 Å². The maximum absolute atomic E-state index is 12.5. The molecular weight excluding hydrogens is 150 g/mol. The first-order valence-corrected chi connectivity index (χ1v) is 3.67. The summed E-state index contributed by atoms with van der Waals surface area (Å²) in [5, 5.41) is 0. The van der Waals surface area contributed by atoms with Crippen LogP contribution in [0, 0.1) is 0 Å². The number of halogens is 2. The van der Waals surface area contributed by atoms with Gasteiger partial charge in [0.15, 0.2) is 0 Å². The maximum atomic E-state index is 12.5. The van der Waals surface area contributed by atoms with Crippen LogP contribution in [0.3, 0.4) is 0 Å². The number of piperidine rings is 1. The highest BCUT2D eigenvalue weighted by Crippen LogP contribution is 2.27. The Hall–Kier alpha value is -0.510. The fraction of sp³-hybridized carbons (Fsp3) is 0.857. The molecule has 0 bridgehead atoms. The lowest BCUT2D eigenvalue weighted by Crippen LogP contribution is -2.39. The summed E-state index contributed by atoms with van der Waals surface area (Å²) in [6.07, 6.45) is -0.0783. The molecule has 1 aliphatic heterocycles. The van der Waals surface area contributed by atoms with E-state index in [0.29, 0.717) is 19.8 Å². The van der Waals surface area contributed by atoms with Crippen LogP contribution in [-0.2, 0) is 0 Å². The van der Waals surface area contributed by atoms with Gasteiger partial charge >= 0.3 is 0 Å². The molecule has 2 nitrogen and oxygen atoms in total. The smallest absolute Gasteiger partial charge is 0.250 e. The Balaban J connectivity index is 2.30. The Kier molecular flexibility index (Phi) is 2.54. The highest BCUT2D eigenvalue weighted by atomic mass is 19.3. The first-order valence-electron chi connectivity index (χ1n) is 3.67. The highest BCUT2D eigenvalue weighted by Gasteiger charge is 2.33. The summed E-state index contributed by atoms with van der Waals surface area (Å²) >= 11 is 0. The van der Waals surface area contributed by atoms with Gasteiger partial charge in [0.25, 0.3) is 5.92 Å². The molecule has 0 amide bonds. The summed E-state index contributed by atoms with van der Waals surface area (Å²) in [6, 6.07) is 0. The van der Waals surface area contributed by atoms with Crippen molar-refractivity contribution in [3.63, 3.8) is 0 Å². The third kappa shape index (κ3) is 2.54. The van der Waals surface area contributed by atoms with Gasteiger partial charge in [0.1, 0.15) is 0 Å². The molecule has 0 unspecified atom stereocenters. The molecule has 1 saturated heterocycles. The predicted molar refractivity (Wildman–Crippen MR) is 40.2 cm³/mol. The Bertz CT molecular complexity index is 137. The highest BCUT2D eigenvalue weighted by molar-refractivity contribution is 5.22. The normalized spacial score (nSPS) is 24.9. The minimum atomic E-state index is -2.45. The zero-order chi connectivity index (χ0) is 8.32. The van der Waals surface area contributed by atoms with E-state index in [1.807, 2.05) is 4.90 Å². The van der Waals surface area contributed by atoms with Crippen LogP contribution in [0.4, 0.5) is 8.78 Å². The first kappa shape index (κ1) is 8.59. The quantitative estimate of drug-likeness (QED) is 0.560. The van der Waals surface area contributed by atoms with Gasteiger partial charge in [0, 0.05) is 25.9 Å². The van der Waals surface area contributed by atoms with Crippen molar-refractivity contribution < 1.29 is 8.78 Å². The van der Waals surface area contributed by atoms with E-state index >= 15 is 0 Å². The summed E-state index contributed by atoms with van der Waals surface area (Å²) in [4.78, 5) is 5.52. The van der Waals surface area contributed by atoms with Crippen LogP contribution in [0.5, 0.6) is 0 Å². The summed E-state index contributed by atoms with van der Waals surface area (Å²) in [6.45, 7) is 4.67. The van der Waals surface area contributed by atoms with Gasteiger partial charge in [-0.1, -0.05) is 0 Å². The Morgan fingerprint density at radius 3 is 2.36 bits per heavy atom. The van der Waals surface area contributed by atoms with Crippen molar-refractivity contribution in [3.05, 3.63) is 0 Å². The van der Waals surface area contributed by atoms with E-state index in [2.05, 4.69) is 11.7 Å². The van der Waals surface area contributed by atoms with Gasteiger partial charge in [0.05, 0.1) is 6.67 Å². The number of rotatable bonds is 2. The van der Waals surface area contributed by atoms with Gasteiger partial charge in [-0.25, -0.2) is 8.78 Å². The number of hydrogen-bond donors (Lipinski definition) is 0. The molecule has 0 N–H and O–H groups in total. The molecule has 0 aliphatic carbocycles. The molecule has 1 heterocycles. The van der Waals surface area contributed by atoms with Gasteiger partial charge in [-0.2, -0.15) is 0 Å². The Labute approximate surface area is 64.9 Å². The Morgan fingerprint density at radius 1 is 1.36 bits per heavy atom. The molecule has 1 aliphatic rings. The Morgan fingerprint density at radius 2 is 1.91 bits per heavy atom. The molecule has 1 rings (SSSR count). The van der Waals surface area contributed by atoms with Crippen LogP contribution in [0.15, 0.2) is 4.99 Å². The average molecular weight is 162 g/mol. The van der Waals surface area contributed by atoms with E-state index in [1.165, 1.54) is 0 Å². The van der Waals surface area contributed by atoms with Crippen LogP contribution in [0.25, 0.3) is 0 Å². The second-order valence-electron chi connectivity index (χ2n) is 2.84. The van der Waals surface area contributed by atoms with Crippen LogP contribution >= 0.6 is 0 Å². The van der Waals surface area contributed by atoms with E-state index in [9.17, 15) is 8.78 Å². The number of aliphatic imine (C=N–C) groups is 1. The molecule has 4 heteroatoms. The fourth-order valence-electron chi connectivity index (χ4n) is 1.16. The van der Waals surface area contributed by atoms with Gasteiger partial charge in [-0.3, -0.25) is 9.89 Å². The van der Waals surface area contributed by atoms with Gasteiger partial charge in [0.2, 0.25) is 0 Å². The van der Waals surface area contributed by atoms with E-state index in [-0.39, 0.29) is 12.8 Å². The molecule has 0 aromatic heterocycles. The van der Waals surface area contributed by atoms with Crippen LogP contribution in [0.2, 0.25) is 0 Å². The minimum absolute atomic E-state index is 0.0392. The van der Waals surface area contributed by atoms with Crippen molar-refractivity contribution in [2.45, 2.75) is 18.8 Å². The van der Waals surface area contributed by atoms with Crippen LogP contribution in [-0.4, -0.2) is 37.3 Å². The lowest BCUT2D eigenvalue weighted by Gasteiger charge is -2.30. The van der Waals surface area contributed by atoms with Crippen molar-refractivity contribution in [1.82, 2.24) is 4.90 Å². The lowest BCUT2D eigenvalue weighted by molar-refractivity contribution is -0.0544. The number of nitrogens with zero attached hydrogens (tertiary/aromatic N) is 2. The van der Waals surface area contributed by atoms with Gasteiger partial charge < -0.3 is 0 Å². The van der Waals surface area contributed by atoms with E-state index < -0.39 is 5.92 Å². The summed E-state index contributed by atoms with van der Waals surface area (Å²) < 4.78 is 25.1. The molecule has 11 heavy (non-hydrogen) atoms. The molecule has 0 radical (unpaired) electrons. The van der Waals surface area contributed by atoms with Crippen molar-refractivity contribution in [1.29, 1.82) is 0 Å². The molecule has 1 fully saturated rings. The van der Waals surface area contributed by atoms with Crippen LogP contribution in [0.1, 0.15) is 12.8 Å². The molecule has 0 atom stereocenters. The molecule has 0 spiro atoms. The second-order valence-corrected chi connectivity index (χ2v) is 2.84. The SMILES string of the molecule is C=NCN1CCC(F)(F)CC1. The standard InChI is InChI=1S/C7H12F2N2/c1-10-6-11-4-2-7(8,9)3-5-11/h1-6H2. The van der Waals surface area contributed by atoms with E-state index in [1.54, 1.807) is 0 Å². The van der Waals surface area contributed by atoms with Crippen molar-refractivity contribution >= 4 is 6.72 Å². The fourth-order valence-corrected chi connectivity index (χ4v) is 1.16. The second kappa shape index (κ2) is 3.26. The number of likely N-dealkylation sites (tertiary alicyclic amines) is 1. The maximum Gasteiger partial charge on any atom is 0.250 e. The zero-order valence-corrected chi connectivity index (χ0v) is 6.39. The van der Waals surface area contributed by atoms with Crippen molar-refractivity contribution in [2.24, 2.45) is 4.99 Å². The lowest BCUT2D eigenvalue weighted by atomic mass is 10.1. The summed E-state index contributed by atoms with van der Waals surface area (Å²) in [7, 11) is 0. The zero-order valence-electron chi connectivity index (χ0n) is 6.39. The van der Waals surface area contributed by atoms with E-state index in [4.69, 9.17) is 0 Å². The average Bonchev–Trinajstić information content (AvgIpc) is 1.94. The monoisotopic (exact) mass is 162 g/mol. The van der Waals surface area contributed by atoms with Gasteiger partial charge in [-0.15, -0.1) is 0 Å². The molecule has 0 aromatic rings. The predicted octanol–water partition coefficient (Wildman–Crippen LogP) is 1.38. The largest absolute Gasteiger partial charge is 0.285 e. The van der Waals surface area contributed by atoms with E-state index in [0.717, 1.165) is 0 Å². The minimum Gasteiger partial charge on any atom is -0.285 e. The summed E-state index contributed by atoms with van der Waals surface area (Å²) in [5.41, 5.74) is 0. The third-order valence-corrected chi connectivity index (χ3v) is 1.89. The topological polar surface area (TPSA) is 15.6 Å². The van der Waals surface area contributed by atoms with Crippen LogP contribution < -0.4 is 0 Å². The van der Waals surface area contributed by atoms with Crippen molar-refractivity contribution in [3.8, 4) is 0 Å². The molecule has 64 valence electrons. The number of alkyl halides is 2. The number of hydrogen-bond acceptors (Lipinski definition) is 2. The summed E-state index contributed by atoms with van der Waals surface area (Å²) in [5.74, 6) is -2.45. The molecular formula is C7H12F2N2. The first-order chi connectivity index (χ1) is 5.14. The molecule has 0 aromatic carbocycles. The molecule has 0 saturated carbocycles. The third-order valence-electron chi connectivity index (χ3n) is 1.89. The van der Waals surface area contributed by atoms with Crippen molar-refractivity contribution in [2.75, 3.05) is 19.8 Å².